The van der Waals surface area contributed by atoms with Gasteiger partial charge in [-0.25, -0.2) is 0 Å². The zero-order valence-corrected chi connectivity index (χ0v) is 15.0. The number of nitrogens with two attached hydrogens (primary N) is 2. The second kappa shape index (κ2) is 7.25. The zero-order chi connectivity index (χ0) is 18.0. The molecule has 0 radical (unpaired) electrons. The lowest BCUT2D eigenvalue weighted by molar-refractivity contribution is 0.1000. The van der Waals surface area contributed by atoms with Gasteiger partial charge < -0.3 is 16.4 Å². The maximum Gasteiger partial charge on any atom is 0.249 e. The molecule has 0 aromatic heterocycles. The van der Waals surface area contributed by atoms with Crippen LogP contribution in [-0.4, -0.2) is 48.9 Å². The lowest BCUT2D eigenvalue weighted by atomic mass is 9.94. The summed E-state index contributed by atoms with van der Waals surface area (Å²) in [6.45, 7) is 7.24. The Morgan fingerprint density at radius 3 is 2.52 bits per heavy atom. The number of anilines is 1. The molecule has 2 aromatic carbocycles. The highest BCUT2D eigenvalue weighted by Gasteiger charge is 2.15. The van der Waals surface area contributed by atoms with Crippen LogP contribution in [0.3, 0.4) is 0 Å². The van der Waals surface area contributed by atoms with Crippen LogP contribution in [0.2, 0.25) is 0 Å². The van der Waals surface area contributed by atoms with Gasteiger partial charge in [-0.15, -0.1) is 0 Å². The van der Waals surface area contributed by atoms with Crippen LogP contribution in [0.25, 0.3) is 11.1 Å². The van der Waals surface area contributed by atoms with E-state index in [0.717, 1.165) is 49.4 Å². The number of carbonyl (C=O) groups excluding carboxylic acids is 1. The Kier molecular flexibility index (Phi) is 5.06. The summed E-state index contributed by atoms with van der Waals surface area (Å²) in [5.41, 5.74) is 16.7. The van der Waals surface area contributed by atoms with Gasteiger partial charge in [0.2, 0.25) is 5.91 Å². The fraction of sp³-hybridized carbons (Fsp3) is 0.350. The van der Waals surface area contributed by atoms with Crippen molar-refractivity contribution in [3.8, 4) is 11.1 Å². The van der Waals surface area contributed by atoms with Gasteiger partial charge in [-0.2, -0.15) is 0 Å². The summed E-state index contributed by atoms with van der Waals surface area (Å²) < 4.78 is 0. The van der Waals surface area contributed by atoms with Gasteiger partial charge in [0.25, 0.3) is 0 Å². The molecule has 0 atom stereocenters. The van der Waals surface area contributed by atoms with Crippen LogP contribution in [0.5, 0.6) is 0 Å². The molecule has 0 bridgehead atoms. The smallest absolute Gasteiger partial charge is 0.249 e. The second-order valence-electron chi connectivity index (χ2n) is 6.89. The van der Waals surface area contributed by atoms with Crippen molar-refractivity contribution in [3.05, 3.63) is 53.1 Å². The fourth-order valence-corrected chi connectivity index (χ4v) is 3.39. The van der Waals surface area contributed by atoms with Crippen molar-refractivity contribution in [1.82, 2.24) is 9.80 Å². The second-order valence-corrected chi connectivity index (χ2v) is 6.89. The Morgan fingerprint density at radius 2 is 1.84 bits per heavy atom. The van der Waals surface area contributed by atoms with Crippen LogP contribution in [-0.2, 0) is 6.54 Å². The Balaban J connectivity index is 1.88. The average Bonchev–Trinajstić information content (AvgIpc) is 2.59. The highest BCUT2D eigenvalue weighted by molar-refractivity contribution is 5.97. The van der Waals surface area contributed by atoms with E-state index in [1.165, 1.54) is 5.56 Å². The molecule has 0 spiro atoms. The van der Waals surface area contributed by atoms with E-state index in [2.05, 4.69) is 41.1 Å². The molecule has 0 saturated carbocycles. The molecule has 0 unspecified atom stereocenters. The Hall–Kier alpha value is -2.37. The van der Waals surface area contributed by atoms with E-state index in [1.807, 2.05) is 13.0 Å². The van der Waals surface area contributed by atoms with Gasteiger partial charge in [0.05, 0.1) is 0 Å². The summed E-state index contributed by atoms with van der Waals surface area (Å²) in [5.74, 6) is -0.445. The first-order valence-electron chi connectivity index (χ1n) is 8.64. The van der Waals surface area contributed by atoms with Gasteiger partial charge in [0, 0.05) is 44.0 Å². The van der Waals surface area contributed by atoms with E-state index in [1.54, 1.807) is 6.07 Å². The Labute approximate surface area is 149 Å². The van der Waals surface area contributed by atoms with E-state index < -0.39 is 5.91 Å². The molecule has 0 aliphatic carbocycles. The topological polar surface area (TPSA) is 75.6 Å². The summed E-state index contributed by atoms with van der Waals surface area (Å²) >= 11 is 0. The molecule has 25 heavy (non-hydrogen) atoms. The van der Waals surface area contributed by atoms with Gasteiger partial charge in [0.15, 0.2) is 0 Å². The Bertz CT molecular complexity index is 779. The SMILES string of the molecule is Cc1c(C(N)=O)cc(N)cc1-c1cccc(CN2CCN(C)CC2)c1. The monoisotopic (exact) mass is 338 g/mol. The third-order valence-corrected chi connectivity index (χ3v) is 4.94. The van der Waals surface area contributed by atoms with Crippen LogP contribution in [0, 0.1) is 6.92 Å². The number of rotatable bonds is 4. The number of carbonyl (C=O) groups is 1. The third-order valence-electron chi connectivity index (χ3n) is 4.94. The molecule has 4 N–H and O–H groups in total. The molecule has 1 aliphatic rings. The summed E-state index contributed by atoms with van der Waals surface area (Å²) in [6, 6.07) is 12.0. The number of likely N-dealkylation sites (N-methyl/N-ethyl adjacent to an activating group) is 1. The minimum Gasteiger partial charge on any atom is -0.399 e. The largest absolute Gasteiger partial charge is 0.399 e. The van der Waals surface area contributed by atoms with Gasteiger partial charge in [-0.1, -0.05) is 18.2 Å². The van der Waals surface area contributed by atoms with Crippen molar-refractivity contribution in [2.75, 3.05) is 39.0 Å². The van der Waals surface area contributed by atoms with E-state index in [4.69, 9.17) is 11.5 Å². The van der Waals surface area contributed by atoms with Crippen molar-refractivity contribution >= 4 is 11.6 Å². The number of primary amides is 1. The van der Waals surface area contributed by atoms with E-state index in [9.17, 15) is 4.79 Å². The first kappa shape index (κ1) is 17.5. The van der Waals surface area contributed by atoms with E-state index >= 15 is 0 Å². The number of benzene rings is 2. The summed E-state index contributed by atoms with van der Waals surface area (Å²) in [6.07, 6.45) is 0. The zero-order valence-electron chi connectivity index (χ0n) is 15.0. The highest BCUT2D eigenvalue weighted by atomic mass is 16.1. The van der Waals surface area contributed by atoms with Crippen LogP contribution in [0.1, 0.15) is 21.5 Å². The first-order valence-corrected chi connectivity index (χ1v) is 8.64. The molecule has 132 valence electrons. The number of piperazine rings is 1. The molecule has 1 aliphatic heterocycles. The van der Waals surface area contributed by atoms with E-state index in [-0.39, 0.29) is 0 Å². The van der Waals surface area contributed by atoms with Crippen LogP contribution < -0.4 is 11.5 Å². The molecule has 1 heterocycles. The molecular formula is C20H26N4O. The third kappa shape index (κ3) is 4.00. The van der Waals surface area contributed by atoms with Crippen molar-refractivity contribution < 1.29 is 4.79 Å². The number of amides is 1. The molecule has 5 nitrogen and oxygen atoms in total. The molecule has 5 heteroatoms. The minimum atomic E-state index is -0.445. The number of hydrogen-bond acceptors (Lipinski definition) is 4. The molecule has 1 amide bonds. The normalized spacial score (nSPS) is 16.1. The number of hydrogen-bond donors (Lipinski definition) is 2. The highest BCUT2D eigenvalue weighted by Crippen LogP contribution is 2.29. The summed E-state index contributed by atoms with van der Waals surface area (Å²) in [4.78, 5) is 16.5. The maximum absolute atomic E-state index is 11.7. The van der Waals surface area contributed by atoms with Gasteiger partial charge >= 0.3 is 0 Å². The quantitative estimate of drug-likeness (QED) is 0.837. The van der Waals surface area contributed by atoms with Crippen molar-refractivity contribution in [3.63, 3.8) is 0 Å². The predicted molar refractivity (Wildman–Crippen MR) is 102 cm³/mol. The number of nitrogens with zero attached hydrogens (tertiary/aromatic N) is 2. The van der Waals surface area contributed by atoms with Crippen molar-refractivity contribution in [1.29, 1.82) is 0 Å². The molecule has 2 aromatic rings. The number of nitrogen functional groups attached to an aromatic ring is 1. The van der Waals surface area contributed by atoms with Crippen LogP contribution in [0.4, 0.5) is 5.69 Å². The Morgan fingerprint density at radius 1 is 1.12 bits per heavy atom. The fourth-order valence-electron chi connectivity index (χ4n) is 3.39. The minimum absolute atomic E-state index is 0.445. The maximum atomic E-state index is 11.7. The van der Waals surface area contributed by atoms with Crippen LogP contribution in [0.15, 0.2) is 36.4 Å². The van der Waals surface area contributed by atoms with Crippen LogP contribution >= 0.6 is 0 Å². The van der Waals surface area contributed by atoms with Gasteiger partial charge in [-0.05, 0) is 54.4 Å². The van der Waals surface area contributed by atoms with E-state index in [0.29, 0.717) is 11.3 Å². The van der Waals surface area contributed by atoms with Crippen molar-refractivity contribution in [2.24, 2.45) is 5.73 Å². The summed E-state index contributed by atoms with van der Waals surface area (Å²) in [7, 11) is 2.16. The van der Waals surface area contributed by atoms with Crippen molar-refractivity contribution in [2.45, 2.75) is 13.5 Å². The molecule has 3 rings (SSSR count). The average molecular weight is 338 g/mol. The van der Waals surface area contributed by atoms with Gasteiger partial charge in [-0.3, -0.25) is 9.69 Å². The molecule has 1 fully saturated rings. The molecular weight excluding hydrogens is 312 g/mol. The summed E-state index contributed by atoms with van der Waals surface area (Å²) in [5, 5.41) is 0. The standard InChI is InChI=1S/C20H26N4O/c1-14-18(11-17(21)12-19(14)20(22)25)16-5-3-4-15(10-16)13-24-8-6-23(2)7-9-24/h3-5,10-12H,6-9,13,21H2,1-2H3,(H2,22,25). The van der Waals surface area contributed by atoms with Gasteiger partial charge in [0.1, 0.15) is 0 Å². The molecule has 1 saturated heterocycles. The predicted octanol–water partition coefficient (Wildman–Crippen LogP) is 2.09. The lowest BCUT2D eigenvalue weighted by Gasteiger charge is -2.32. The lowest BCUT2D eigenvalue weighted by Crippen LogP contribution is -2.43. The first-order chi connectivity index (χ1) is 11.9.